The molecule has 0 unspecified atom stereocenters. The normalized spacial score (nSPS) is 10.2. The fraction of sp³-hybridized carbons (Fsp3) is 0.0667. The molecule has 0 radical (unpaired) electrons. The second-order valence-corrected chi connectivity index (χ2v) is 5.17. The first-order valence-electron chi connectivity index (χ1n) is 6.03. The number of nitrogens with one attached hydrogen (secondary N) is 1. The van der Waals surface area contributed by atoms with E-state index in [9.17, 15) is 14.0 Å². The molecule has 0 aliphatic carbocycles. The van der Waals surface area contributed by atoms with Crippen LogP contribution in [0.2, 0.25) is 0 Å². The van der Waals surface area contributed by atoms with Crippen molar-refractivity contribution in [2.75, 3.05) is 5.32 Å². The molecule has 0 saturated heterocycles. The number of carboxylic acid groups (broad SMARTS) is 1. The lowest BCUT2D eigenvalue weighted by molar-refractivity contribution is -0.115. The van der Waals surface area contributed by atoms with Crippen molar-refractivity contribution in [3.63, 3.8) is 0 Å². The van der Waals surface area contributed by atoms with E-state index in [0.29, 0.717) is 10.2 Å². The number of hydrogen-bond donors (Lipinski definition) is 2. The van der Waals surface area contributed by atoms with E-state index < -0.39 is 17.7 Å². The van der Waals surface area contributed by atoms with Crippen molar-refractivity contribution in [3.05, 3.63) is 63.9 Å². The number of rotatable bonds is 4. The van der Waals surface area contributed by atoms with Crippen LogP contribution in [0.3, 0.4) is 0 Å². The van der Waals surface area contributed by atoms with Crippen LogP contribution < -0.4 is 5.32 Å². The first kappa shape index (κ1) is 15.2. The minimum absolute atomic E-state index is 0.0550. The predicted octanol–water partition coefficient (Wildman–Crippen LogP) is 3.47. The number of carbonyl (C=O) groups excluding carboxylic acids is 1. The van der Waals surface area contributed by atoms with E-state index >= 15 is 0 Å². The van der Waals surface area contributed by atoms with E-state index in [2.05, 4.69) is 21.2 Å². The number of anilines is 1. The van der Waals surface area contributed by atoms with Gasteiger partial charge in [0.25, 0.3) is 0 Å². The highest BCUT2D eigenvalue weighted by molar-refractivity contribution is 9.10. The number of benzene rings is 2. The Hall–Kier alpha value is -2.21. The smallest absolute Gasteiger partial charge is 0.335 e. The highest BCUT2D eigenvalue weighted by Gasteiger charge is 2.12. The summed E-state index contributed by atoms with van der Waals surface area (Å²) in [6, 6.07) is 10.3. The lowest BCUT2D eigenvalue weighted by Gasteiger charge is -2.09. The van der Waals surface area contributed by atoms with E-state index in [1.807, 2.05) is 0 Å². The molecule has 0 aliphatic heterocycles. The summed E-state index contributed by atoms with van der Waals surface area (Å²) in [5.74, 6) is -1.97. The fourth-order valence-corrected chi connectivity index (χ4v) is 2.11. The van der Waals surface area contributed by atoms with Crippen molar-refractivity contribution in [2.24, 2.45) is 0 Å². The predicted molar refractivity (Wildman–Crippen MR) is 79.8 cm³/mol. The van der Waals surface area contributed by atoms with Gasteiger partial charge in [-0.1, -0.05) is 18.2 Å². The van der Waals surface area contributed by atoms with Crippen LogP contribution in [-0.2, 0) is 11.2 Å². The third-order valence-corrected chi connectivity index (χ3v) is 3.49. The fourth-order valence-electron chi connectivity index (χ4n) is 1.76. The molecule has 0 atom stereocenters. The second-order valence-electron chi connectivity index (χ2n) is 4.32. The molecule has 0 saturated carbocycles. The maximum Gasteiger partial charge on any atom is 0.335 e. The summed E-state index contributed by atoms with van der Waals surface area (Å²) < 4.78 is 14.0. The molecule has 2 rings (SSSR count). The van der Waals surface area contributed by atoms with Crippen LogP contribution in [0.25, 0.3) is 0 Å². The Labute approximate surface area is 128 Å². The summed E-state index contributed by atoms with van der Waals surface area (Å²) in [7, 11) is 0. The molecule has 0 bridgehead atoms. The van der Waals surface area contributed by atoms with E-state index in [-0.39, 0.29) is 17.5 Å². The van der Waals surface area contributed by atoms with Gasteiger partial charge in [-0.3, -0.25) is 4.79 Å². The molecule has 108 valence electrons. The maximum absolute atomic E-state index is 13.5. The number of hydrogen-bond acceptors (Lipinski definition) is 2. The molecular weight excluding hydrogens is 341 g/mol. The molecule has 4 nitrogen and oxygen atoms in total. The molecule has 0 aliphatic rings. The van der Waals surface area contributed by atoms with Gasteiger partial charge in [-0.25, -0.2) is 9.18 Å². The van der Waals surface area contributed by atoms with E-state index in [0.717, 1.165) is 0 Å². The van der Waals surface area contributed by atoms with Crippen LogP contribution in [0.1, 0.15) is 15.9 Å². The average molecular weight is 352 g/mol. The molecule has 2 aromatic carbocycles. The van der Waals surface area contributed by atoms with Gasteiger partial charge in [0.15, 0.2) is 0 Å². The van der Waals surface area contributed by atoms with Gasteiger partial charge in [-0.05, 0) is 45.8 Å². The van der Waals surface area contributed by atoms with Gasteiger partial charge in [-0.15, -0.1) is 0 Å². The standard InChI is InChI=1S/C15H11BrFNO3/c16-11-6-5-10(15(20)21)7-13(11)18-14(19)8-9-3-1-2-4-12(9)17/h1-7H,8H2,(H,18,19)(H,20,21). The van der Waals surface area contributed by atoms with Gasteiger partial charge in [-0.2, -0.15) is 0 Å². The Morgan fingerprint density at radius 2 is 1.90 bits per heavy atom. The first-order valence-corrected chi connectivity index (χ1v) is 6.83. The Balaban J connectivity index is 2.15. The van der Waals surface area contributed by atoms with Crippen LogP contribution in [0, 0.1) is 5.82 Å². The Bertz CT molecular complexity index is 703. The monoisotopic (exact) mass is 351 g/mol. The number of aromatic carboxylic acids is 1. The number of amides is 1. The van der Waals surface area contributed by atoms with E-state index in [1.54, 1.807) is 12.1 Å². The quantitative estimate of drug-likeness (QED) is 0.886. The highest BCUT2D eigenvalue weighted by atomic mass is 79.9. The number of carbonyl (C=O) groups is 2. The Morgan fingerprint density at radius 3 is 2.57 bits per heavy atom. The third kappa shape index (κ3) is 3.88. The summed E-state index contributed by atoms with van der Waals surface area (Å²) in [5, 5.41) is 11.5. The zero-order valence-electron chi connectivity index (χ0n) is 10.8. The second kappa shape index (κ2) is 6.49. The van der Waals surface area contributed by atoms with E-state index in [1.165, 1.54) is 30.3 Å². The van der Waals surface area contributed by atoms with E-state index in [4.69, 9.17) is 5.11 Å². The summed E-state index contributed by atoms with van der Waals surface area (Å²) in [4.78, 5) is 22.8. The molecular formula is C15H11BrFNO3. The molecule has 0 heterocycles. The molecule has 6 heteroatoms. The first-order chi connectivity index (χ1) is 9.97. The van der Waals surface area contributed by atoms with Gasteiger partial charge >= 0.3 is 5.97 Å². The largest absolute Gasteiger partial charge is 0.478 e. The van der Waals surface area contributed by atoms with Gasteiger partial charge in [0, 0.05) is 4.47 Å². The third-order valence-electron chi connectivity index (χ3n) is 2.80. The molecule has 0 fully saturated rings. The SMILES string of the molecule is O=C(Cc1ccccc1F)Nc1cc(C(=O)O)ccc1Br. The molecule has 0 spiro atoms. The van der Waals surface area contributed by atoms with Crippen molar-refractivity contribution in [2.45, 2.75) is 6.42 Å². The van der Waals surface area contributed by atoms with Crippen molar-refractivity contribution >= 4 is 33.5 Å². The highest BCUT2D eigenvalue weighted by Crippen LogP contribution is 2.24. The summed E-state index contributed by atoms with van der Waals surface area (Å²) in [6.45, 7) is 0. The van der Waals surface area contributed by atoms with Gasteiger partial charge in [0.2, 0.25) is 5.91 Å². The lowest BCUT2D eigenvalue weighted by Crippen LogP contribution is -2.16. The lowest BCUT2D eigenvalue weighted by atomic mass is 10.1. The van der Waals surface area contributed by atoms with Crippen LogP contribution in [0.5, 0.6) is 0 Å². The summed E-state index contributed by atoms with van der Waals surface area (Å²) >= 11 is 3.23. The Morgan fingerprint density at radius 1 is 1.19 bits per heavy atom. The van der Waals surface area contributed by atoms with Crippen LogP contribution in [-0.4, -0.2) is 17.0 Å². The van der Waals surface area contributed by atoms with Crippen LogP contribution in [0.4, 0.5) is 10.1 Å². The zero-order chi connectivity index (χ0) is 15.4. The summed E-state index contributed by atoms with van der Waals surface area (Å²) in [5.41, 5.74) is 0.663. The van der Waals surface area contributed by atoms with Crippen molar-refractivity contribution in [1.29, 1.82) is 0 Å². The Kier molecular flexibility index (Phi) is 4.70. The molecule has 21 heavy (non-hydrogen) atoms. The minimum Gasteiger partial charge on any atom is -0.478 e. The average Bonchev–Trinajstić information content (AvgIpc) is 2.43. The number of halogens is 2. The van der Waals surface area contributed by atoms with Crippen molar-refractivity contribution in [1.82, 2.24) is 0 Å². The van der Waals surface area contributed by atoms with Crippen LogP contribution >= 0.6 is 15.9 Å². The van der Waals surface area contributed by atoms with Gasteiger partial charge in [0.05, 0.1) is 17.7 Å². The maximum atomic E-state index is 13.5. The van der Waals surface area contributed by atoms with Crippen molar-refractivity contribution in [3.8, 4) is 0 Å². The molecule has 1 amide bonds. The number of carboxylic acids is 1. The minimum atomic E-state index is -1.09. The van der Waals surface area contributed by atoms with Crippen molar-refractivity contribution < 1.29 is 19.1 Å². The van der Waals surface area contributed by atoms with Crippen LogP contribution in [0.15, 0.2) is 46.9 Å². The van der Waals surface area contributed by atoms with Gasteiger partial charge < -0.3 is 10.4 Å². The topological polar surface area (TPSA) is 66.4 Å². The van der Waals surface area contributed by atoms with Gasteiger partial charge in [0.1, 0.15) is 5.82 Å². The molecule has 2 aromatic rings. The zero-order valence-corrected chi connectivity index (χ0v) is 12.4. The summed E-state index contributed by atoms with van der Waals surface area (Å²) in [6.07, 6.45) is -0.129. The molecule has 2 N–H and O–H groups in total. The molecule has 0 aromatic heterocycles.